The highest BCUT2D eigenvalue weighted by Crippen LogP contribution is 2.21. The van der Waals surface area contributed by atoms with Crippen molar-refractivity contribution in [3.05, 3.63) is 71.3 Å². The number of carbonyl (C=O) groups excluding carboxylic acids is 2. The maximum absolute atomic E-state index is 13.9. The van der Waals surface area contributed by atoms with Crippen molar-refractivity contribution in [2.24, 2.45) is 11.3 Å². The summed E-state index contributed by atoms with van der Waals surface area (Å²) in [5.41, 5.74) is 0.285. The fourth-order valence-electron chi connectivity index (χ4n) is 4.61. The van der Waals surface area contributed by atoms with Crippen LogP contribution in [0.3, 0.4) is 0 Å². The molecule has 0 unspecified atom stereocenters. The molecule has 0 saturated carbocycles. The number of hydrogen-bond acceptors (Lipinski definition) is 6. The molecule has 0 aliphatic heterocycles. The smallest absolute Gasteiger partial charge is 0.243 e. The number of carbonyl (C=O) groups is 2. The number of nitrogens with one attached hydrogen (secondary N) is 3. The topological polar surface area (TPSA) is 117 Å². The van der Waals surface area contributed by atoms with E-state index in [1.807, 2.05) is 44.2 Å². The lowest BCUT2D eigenvalue weighted by Gasteiger charge is -2.35. The Kier molecular flexibility index (Phi) is 13.7. The van der Waals surface area contributed by atoms with Gasteiger partial charge in [-0.3, -0.25) is 9.59 Å². The van der Waals surface area contributed by atoms with Gasteiger partial charge in [0.1, 0.15) is 17.7 Å². The molecule has 3 N–H and O–H groups in total. The summed E-state index contributed by atoms with van der Waals surface area (Å²) in [7, 11) is -2.08. The Morgan fingerprint density at radius 3 is 2.21 bits per heavy atom. The lowest BCUT2D eigenvalue weighted by Crippen LogP contribution is -2.59. The fraction of sp³-hybridized carbons (Fsp3) is 0.548. The number of hydrogen-bond donors (Lipinski definition) is 3. The van der Waals surface area contributed by atoms with E-state index in [4.69, 9.17) is 4.74 Å². The van der Waals surface area contributed by atoms with Crippen molar-refractivity contribution in [1.82, 2.24) is 20.3 Å². The largest absolute Gasteiger partial charge is 0.378 e. The number of rotatable bonds is 16. The number of ether oxygens (including phenoxy) is 1. The number of nitrogens with zero attached hydrogens (tertiary/aromatic N) is 1. The molecule has 12 heteroatoms. The Balaban J connectivity index is 2.23. The zero-order valence-electron chi connectivity index (χ0n) is 26.1. The van der Waals surface area contributed by atoms with Crippen molar-refractivity contribution in [2.75, 3.05) is 33.0 Å². The maximum atomic E-state index is 13.9. The molecule has 3 atom stereocenters. The summed E-state index contributed by atoms with van der Waals surface area (Å²) in [6, 6.07) is 10.9. The first kappa shape index (κ1) is 36.3. The summed E-state index contributed by atoms with van der Waals surface area (Å²) in [5.74, 6) is -2.08. The number of benzene rings is 2. The predicted octanol–water partition coefficient (Wildman–Crippen LogP) is 3.25. The molecule has 9 nitrogen and oxygen atoms in total. The second-order valence-corrected chi connectivity index (χ2v) is 14.2. The summed E-state index contributed by atoms with van der Waals surface area (Å²) in [4.78, 5) is 26.6. The van der Waals surface area contributed by atoms with E-state index in [-0.39, 0.29) is 37.7 Å². The summed E-state index contributed by atoms with van der Waals surface area (Å²) < 4.78 is 59.7. The highest BCUT2D eigenvalue weighted by molar-refractivity contribution is 7.88. The standard InChI is InChI=1S/C31H46F2N4O5S/c1-21(2)19-37(43(7,40)41)20-27(42-6)26(15-22-11-9-8-10-12-22)35-30(39)29(31(3,4)5)36-28(38)18-34-17-23-16-24(32)13-14-25(23)33/h8-14,16,21,26-27,29,34H,15,17-20H2,1-7H3,(H,35,39)(H,36,38)/t26-,27+,29+/m0/s1. The van der Waals surface area contributed by atoms with E-state index in [1.54, 1.807) is 20.8 Å². The van der Waals surface area contributed by atoms with Crippen LogP contribution in [0.4, 0.5) is 8.78 Å². The van der Waals surface area contributed by atoms with Crippen molar-refractivity contribution in [2.45, 2.75) is 65.8 Å². The lowest BCUT2D eigenvalue weighted by molar-refractivity contribution is -0.132. The van der Waals surface area contributed by atoms with Crippen LogP contribution in [-0.4, -0.2) is 75.7 Å². The van der Waals surface area contributed by atoms with Gasteiger partial charge >= 0.3 is 0 Å². The van der Waals surface area contributed by atoms with Crippen LogP contribution in [0.5, 0.6) is 0 Å². The number of halogens is 2. The minimum Gasteiger partial charge on any atom is -0.378 e. The Morgan fingerprint density at radius 1 is 1.00 bits per heavy atom. The van der Waals surface area contributed by atoms with Crippen LogP contribution in [0.15, 0.2) is 48.5 Å². The minimum atomic E-state index is -3.56. The number of amides is 2. The minimum absolute atomic E-state index is 0.0262. The molecule has 240 valence electrons. The molecule has 0 fully saturated rings. The molecule has 2 amide bonds. The van der Waals surface area contributed by atoms with E-state index in [0.717, 1.165) is 30.0 Å². The van der Waals surface area contributed by atoms with Crippen LogP contribution in [0, 0.1) is 23.0 Å². The lowest BCUT2D eigenvalue weighted by atomic mass is 9.85. The van der Waals surface area contributed by atoms with Gasteiger partial charge in [-0.15, -0.1) is 0 Å². The van der Waals surface area contributed by atoms with Gasteiger partial charge in [-0.05, 0) is 41.5 Å². The van der Waals surface area contributed by atoms with Crippen molar-refractivity contribution in [3.8, 4) is 0 Å². The van der Waals surface area contributed by atoms with E-state index < -0.39 is 57.1 Å². The van der Waals surface area contributed by atoms with Crippen LogP contribution in [0.25, 0.3) is 0 Å². The first-order chi connectivity index (χ1) is 20.0. The Hall–Kier alpha value is -2.93. The molecule has 0 saturated heterocycles. The zero-order valence-corrected chi connectivity index (χ0v) is 26.9. The normalized spacial score (nSPS) is 14.4. The van der Waals surface area contributed by atoms with Gasteiger partial charge in [0.15, 0.2) is 0 Å². The van der Waals surface area contributed by atoms with Gasteiger partial charge in [0.25, 0.3) is 0 Å². The van der Waals surface area contributed by atoms with Crippen LogP contribution in [0.1, 0.15) is 45.7 Å². The third kappa shape index (κ3) is 12.3. The molecule has 2 aromatic carbocycles. The predicted molar refractivity (Wildman–Crippen MR) is 164 cm³/mol. The summed E-state index contributed by atoms with van der Waals surface area (Å²) in [6.07, 6.45) is 0.807. The third-order valence-corrected chi connectivity index (χ3v) is 8.08. The molecular formula is C31H46F2N4O5S. The molecule has 2 aromatic rings. The van der Waals surface area contributed by atoms with E-state index in [1.165, 1.54) is 11.4 Å². The molecule has 0 aromatic heterocycles. The van der Waals surface area contributed by atoms with Crippen LogP contribution in [-0.2, 0) is 37.3 Å². The van der Waals surface area contributed by atoms with Gasteiger partial charge in [-0.25, -0.2) is 17.2 Å². The van der Waals surface area contributed by atoms with Gasteiger partial charge < -0.3 is 20.7 Å². The monoisotopic (exact) mass is 624 g/mol. The molecule has 0 bridgehead atoms. The van der Waals surface area contributed by atoms with Crippen LogP contribution >= 0.6 is 0 Å². The Morgan fingerprint density at radius 2 is 1.65 bits per heavy atom. The second-order valence-electron chi connectivity index (χ2n) is 12.3. The molecule has 0 heterocycles. The fourth-order valence-corrected chi connectivity index (χ4v) is 5.59. The zero-order chi connectivity index (χ0) is 32.4. The number of methoxy groups -OCH3 is 1. The third-order valence-electron chi connectivity index (χ3n) is 6.84. The van der Waals surface area contributed by atoms with Crippen LogP contribution < -0.4 is 16.0 Å². The van der Waals surface area contributed by atoms with E-state index in [2.05, 4.69) is 16.0 Å². The number of sulfonamides is 1. The van der Waals surface area contributed by atoms with Crippen molar-refractivity contribution < 1.29 is 31.5 Å². The molecule has 0 aliphatic rings. The van der Waals surface area contributed by atoms with Crippen molar-refractivity contribution >= 4 is 21.8 Å². The van der Waals surface area contributed by atoms with E-state index in [9.17, 15) is 26.8 Å². The summed E-state index contributed by atoms with van der Waals surface area (Å²) in [5, 5.41) is 8.56. The van der Waals surface area contributed by atoms with E-state index in [0.29, 0.717) is 6.42 Å². The first-order valence-electron chi connectivity index (χ1n) is 14.3. The summed E-state index contributed by atoms with van der Waals surface area (Å²) >= 11 is 0. The molecule has 0 spiro atoms. The second kappa shape index (κ2) is 16.2. The van der Waals surface area contributed by atoms with Gasteiger partial charge in [0, 0.05) is 32.3 Å². The highest BCUT2D eigenvalue weighted by Gasteiger charge is 2.36. The highest BCUT2D eigenvalue weighted by atomic mass is 32.2. The molecular weight excluding hydrogens is 578 g/mol. The van der Waals surface area contributed by atoms with Gasteiger partial charge in [0.2, 0.25) is 21.8 Å². The Bertz CT molecular complexity index is 1300. The quantitative estimate of drug-likeness (QED) is 0.264. The average Bonchev–Trinajstić information content (AvgIpc) is 2.90. The molecule has 43 heavy (non-hydrogen) atoms. The van der Waals surface area contributed by atoms with E-state index >= 15 is 0 Å². The maximum Gasteiger partial charge on any atom is 0.243 e. The van der Waals surface area contributed by atoms with Crippen molar-refractivity contribution in [3.63, 3.8) is 0 Å². The average molecular weight is 625 g/mol. The summed E-state index contributed by atoms with van der Waals surface area (Å²) in [6.45, 7) is 9.26. The van der Waals surface area contributed by atoms with Gasteiger partial charge in [-0.1, -0.05) is 65.0 Å². The molecule has 0 aliphatic carbocycles. The van der Waals surface area contributed by atoms with Crippen molar-refractivity contribution in [1.29, 1.82) is 0 Å². The van der Waals surface area contributed by atoms with Gasteiger partial charge in [0.05, 0.1) is 24.9 Å². The van der Waals surface area contributed by atoms with Gasteiger partial charge in [-0.2, -0.15) is 4.31 Å². The SMILES string of the molecule is CO[C@H](CN(CC(C)C)S(C)(=O)=O)[C@H](Cc1ccccc1)NC(=O)[C@@H](NC(=O)CNCc1cc(F)ccc1F)C(C)(C)C. The molecule has 0 radical (unpaired) electrons. The molecule has 2 rings (SSSR count). The Labute approximate surface area is 254 Å². The first-order valence-corrected chi connectivity index (χ1v) is 16.1. The van der Waals surface area contributed by atoms with Crippen LogP contribution in [0.2, 0.25) is 0 Å².